The summed E-state index contributed by atoms with van der Waals surface area (Å²) in [4.78, 5) is 22.5. The average Bonchev–Trinajstić information content (AvgIpc) is 2.52. The Morgan fingerprint density at radius 2 is 1.71 bits per heavy atom. The maximum absolute atomic E-state index is 12.0. The predicted molar refractivity (Wildman–Crippen MR) is 65.5 cm³/mol. The molecule has 4 heteroatoms. The first-order chi connectivity index (χ1) is 7.60. The quantitative estimate of drug-likeness (QED) is 0.772. The molecule has 2 N–H and O–H groups in total. The van der Waals surface area contributed by atoms with Gasteiger partial charge in [-0.2, -0.15) is 0 Å². The van der Waals surface area contributed by atoms with Crippen molar-refractivity contribution in [2.75, 3.05) is 6.54 Å². The van der Waals surface area contributed by atoms with Gasteiger partial charge < -0.3 is 10.4 Å². The minimum Gasteiger partial charge on any atom is -0.481 e. The molecule has 1 rings (SSSR count). The van der Waals surface area contributed by atoms with Crippen LogP contribution in [0.4, 0.5) is 0 Å². The van der Waals surface area contributed by atoms with Crippen LogP contribution in [-0.4, -0.2) is 23.5 Å². The molecule has 1 saturated carbocycles. The van der Waals surface area contributed by atoms with Gasteiger partial charge in [0.2, 0.25) is 5.91 Å². The van der Waals surface area contributed by atoms with E-state index in [0.717, 1.165) is 0 Å². The van der Waals surface area contributed by atoms with Gasteiger partial charge >= 0.3 is 5.97 Å². The van der Waals surface area contributed by atoms with E-state index in [1.807, 2.05) is 6.92 Å². The highest BCUT2D eigenvalue weighted by Crippen LogP contribution is 2.68. The second-order valence-corrected chi connectivity index (χ2v) is 6.32. The van der Waals surface area contributed by atoms with Crippen molar-refractivity contribution in [2.24, 2.45) is 22.7 Å². The number of aliphatic carboxylic acids is 1. The second kappa shape index (κ2) is 4.31. The van der Waals surface area contributed by atoms with Crippen molar-refractivity contribution >= 4 is 11.9 Å². The Morgan fingerprint density at radius 1 is 1.24 bits per heavy atom. The van der Waals surface area contributed by atoms with Crippen LogP contribution in [0.3, 0.4) is 0 Å². The highest BCUT2D eigenvalue weighted by atomic mass is 16.4. The standard InChI is InChI=1S/C13H23NO3/c1-8(6-9(15)16)7-14-11(17)10-12(2,3)13(10,4)5/h8,10H,6-7H2,1-5H3,(H,14,17)(H,15,16). The van der Waals surface area contributed by atoms with Crippen molar-refractivity contribution < 1.29 is 14.7 Å². The number of hydrogen-bond donors (Lipinski definition) is 2. The van der Waals surface area contributed by atoms with Crippen LogP contribution in [0.15, 0.2) is 0 Å². The van der Waals surface area contributed by atoms with Crippen LogP contribution in [0.25, 0.3) is 0 Å². The van der Waals surface area contributed by atoms with Gasteiger partial charge in [0.25, 0.3) is 0 Å². The van der Waals surface area contributed by atoms with E-state index in [9.17, 15) is 9.59 Å². The van der Waals surface area contributed by atoms with E-state index in [-0.39, 0.29) is 35.0 Å². The third kappa shape index (κ3) is 2.61. The number of carbonyl (C=O) groups is 2. The number of carboxylic acid groups (broad SMARTS) is 1. The molecule has 0 heterocycles. The molecule has 1 atom stereocenters. The molecule has 0 spiro atoms. The summed E-state index contributed by atoms with van der Waals surface area (Å²) in [7, 11) is 0. The Bertz CT molecular complexity index is 320. The molecule has 0 aliphatic heterocycles. The molecule has 98 valence electrons. The van der Waals surface area contributed by atoms with Crippen LogP contribution in [0, 0.1) is 22.7 Å². The molecule has 17 heavy (non-hydrogen) atoms. The van der Waals surface area contributed by atoms with Gasteiger partial charge in [-0.3, -0.25) is 9.59 Å². The normalized spacial score (nSPS) is 22.9. The highest BCUT2D eigenvalue weighted by Gasteiger charge is 2.68. The molecule has 1 amide bonds. The molecule has 0 radical (unpaired) electrons. The fraction of sp³-hybridized carbons (Fsp3) is 0.846. The minimum atomic E-state index is -0.821. The largest absolute Gasteiger partial charge is 0.481 e. The minimum absolute atomic E-state index is 0.0265. The summed E-state index contributed by atoms with van der Waals surface area (Å²) in [6, 6.07) is 0. The number of amides is 1. The van der Waals surface area contributed by atoms with Gasteiger partial charge in [0.05, 0.1) is 0 Å². The summed E-state index contributed by atoms with van der Waals surface area (Å²) in [5.41, 5.74) is 0.0697. The molecule has 0 bridgehead atoms. The number of hydrogen-bond acceptors (Lipinski definition) is 2. The van der Waals surface area contributed by atoms with Crippen molar-refractivity contribution in [3.63, 3.8) is 0 Å². The van der Waals surface area contributed by atoms with Crippen LogP contribution in [0.5, 0.6) is 0 Å². The molecular weight excluding hydrogens is 218 g/mol. The van der Waals surface area contributed by atoms with E-state index in [1.165, 1.54) is 0 Å². The average molecular weight is 241 g/mol. The Labute approximate surface area is 103 Å². The van der Waals surface area contributed by atoms with Crippen molar-refractivity contribution in [1.82, 2.24) is 5.32 Å². The molecule has 0 aromatic heterocycles. The molecule has 4 nitrogen and oxygen atoms in total. The maximum Gasteiger partial charge on any atom is 0.303 e. The van der Waals surface area contributed by atoms with Gasteiger partial charge in [0.15, 0.2) is 0 Å². The number of rotatable bonds is 5. The molecule has 1 unspecified atom stereocenters. The smallest absolute Gasteiger partial charge is 0.303 e. The molecule has 1 aliphatic carbocycles. The summed E-state index contributed by atoms with van der Waals surface area (Å²) in [5.74, 6) is -0.760. The molecule has 0 aromatic carbocycles. The second-order valence-electron chi connectivity index (χ2n) is 6.32. The summed E-state index contributed by atoms with van der Waals surface area (Å²) in [6.45, 7) is 10.6. The van der Waals surface area contributed by atoms with Crippen LogP contribution in [0.2, 0.25) is 0 Å². The molecule has 1 fully saturated rings. The summed E-state index contributed by atoms with van der Waals surface area (Å²) in [5, 5.41) is 11.5. The fourth-order valence-electron chi connectivity index (χ4n) is 2.60. The van der Waals surface area contributed by atoms with E-state index in [1.54, 1.807) is 0 Å². The zero-order chi connectivity index (χ0) is 13.4. The Hall–Kier alpha value is -1.06. The lowest BCUT2D eigenvalue weighted by Gasteiger charge is -2.11. The lowest BCUT2D eigenvalue weighted by molar-refractivity contribution is -0.138. The SMILES string of the molecule is CC(CNC(=O)C1C(C)(C)C1(C)C)CC(=O)O. The van der Waals surface area contributed by atoms with E-state index < -0.39 is 5.97 Å². The number of carboxylic acids is 1. The van der Waals surface area contributed by atoms with Gasteiger partial charge in [-0.1, -0.05) is 34.6 Å². The van der Waals surface area contributed by atoms with Gasteiger partial charge in [-0.05, 0) is 16.7 Å². The van der Waals surface area contributed by atoms with Crippen LogP contribution in [-0.2, 0) is 9.59 Å². The lowest BCUT2D eigenvalue weighted by Crippen LogP contribution is -2.32. The lowest BCUT2D eigenvalue weighted by atomic mass is 10.0. The Balaban J connectivity index is 2.40. The fourth-order valence-corrected chi connectivity index (χ4v) is 2.60. The van der Waals surface area contributed by atoms with Crippen molar-refractivity contribution in [2.45, 2.75) is 41.0 Å². The van der Waals surface area contributed by atoms with Crippen LogP contribution >= 0.6 is 0 Å². The first-order valence-corrected chi connectivity index (χ1v) is 6.10. The van der Waals surface area contributed by atoms with Gasteiger partial charge in [0.1, 0.15) is 0 Å². The van der Waals surface area contributed by atoms with Gasteiger partial charge in [-0.15, -0.1) is 0 Å². The third-order valence-electron chi connectivity index (χ3n) is 4.43. The van der Waals surface area contributed by atoms with E-state index in [0.29, 0.717) is 6.54 Å². The summed E-state index contributed by atoms with van der Waals surface area (Å²) in [6.07, 6.45) is 0.0950. The zero-order valence-corrected chi connectivity index (χ0v) is 11.3. The summed E-state index contributed by atoms with van der Waals surface area (Å²) < 4.78 is 0. The van der Waals surface area contributed by atoms with Crippen molar-refractivity contribution in [3.05, 3.63) is 0 Å². The first kappa shape index (κ1) is 14.0. The topological polar surface area (TPSA) is 66.4 Å². The van der Waals surface area contributed by atoms with Crippen LogP contribution in [0.1, 0.15) is 41.0 Å². The van der Waals surface area contributed by atoms with Crippen LogP contribution < -0.4 is 5.32 Å². The predicted octanol–water partition coefficient (Wildman–Crippen LogP) is 1.90. The Kier molecular flexibility index (Phi) is 3.55. The zero-order valence-electron chi connectivity index (χ0n) is 11.3. The van der Waals surface area contributed by atoms with E-state index in [4.69, 9.17) is 5.11 Å². The first-order valence-electron chi connectivity index (χ1n) is 6.10. The van der Waals surface area contributed by atoms with E-state index in [2.05, 4.69) is 33.0 Å². The van der Waals surface area contributed by atoms with Crippen molar-refractivity contribution in [3.8, 4) is 0 Å². The molecule has 0 aromatic rings. The highest BCUT2D eigenvalue weighted by molar-refractivity contribution is 5.84. The monoisotopic (exact) mass is 241 g/mol. The van der Waals surface area contributed by atoms with Crippen molar-refractivity contribution in [1.29, 1.82) is 0 Å². The third-order valence-corrected chi connectivity index (χ3v) is 4.43. The van der Waals surface area contributed by atoms with E-state index >= 15 is 0 Å². The molecule has 1 aliphatic rings. The van der Waals surface area contributed by atoms with Gasteiger partial charge in [0, 0.05) is 18.9 Å². The maximum atomic E-state index is 12.0. The number of nitrogens with one attached hydrogen (secondary N) is 1. The molecular formula is C13H23NO3. The summed E-state index contributed by atoms with van der Waals surface area (Å²) >= 11 is 0. The number of carbonyl (C=O) groups excluding carboxylic acids is 1. The Morgan fingerprint density at radius 3 is 2.06 bits per heavy atom. The molecule has 0 saturated heterocycles. The van der Waals surface area contributed by atoms with Gasteiger partial charge in [-0.25, -0.2) is 0 Å².